The predicted molar refractivity (Wildman–Crippen MR) is 159 cm³/mol. The second-order valence-corrected chi connectivity index (χ2v) is 11.4. The van der Waals surface area contributed by atoms with Crippen LogP contribution in [0.25, 0.3) is 11.1 Å². The van der Waals surface area contributed by atoms with Crippen molar-refractivity contribution in [2.45, 2.75) is 44.5 Å². The number of carbonyl (C=O) groups excluding carboxylic acids is 3. The highest BCUT2D eigenvalue weighted by Gasteiger charge is 2.30. The van der Waals surface area contributed by atoms with E-state index >= 15 is 0 Å². The summed E-state index contributed by atoms with van der Waals surface area (Å²) in [7, 11) is 1.53. The van der Waals surface area contributed by atoms with E-state index in [2.05, 4.69) is 10.6 Å². The zero-order valence-corrected chi connectivity index (χ0v) is 24.3. The number of rotatable bonds is 15. The summed E-state index contributed by atoms with van der Waals surface area (Å²) in [6.45, 7) is 3.54. The van der Waals surface area contributed by atoms with E-state index in [0.29, 0.717) is 17.1 Å². The molecule has 0 bridgehead atoms. The first-order valence-electron chi connectivity index (χ1n) is 12.8. The molecule has 212 valence electrons. The highest BCUT2D eigenvalue weighted by atomic mass is 32.2. The van der Waals surface area contributed by atoms with Crippen LogP contribution < -0.4 is 15.4 Å². The molecule has 0 aliphatic rings. The van der Waals surface area contributed by atoms with Gasteiger partial charge in [0.05, 0.1) is 31.7 Å². The number of thiophene rings is 1. The van der Waals surface area contributed by atoms with Gasteiger partial charge < -0.3 is 20.5 Å². The Morgan fingerprint density at radius 2 is 1.75 bits per heavy atom. The van der Waals surface area contributed by atoms with Gasteiger partial charge in [0.15, 0.2) is 5.78 Å². The van der Waals surface area contributed by atoms with E-state index < -0.39 is 36.3 Å². The summed E-state index contributed by atoms with van der Waals surface area (Å²) in [5.74, 6) is -1.70. The van der Waals surface area contributed by atoms with Crippen molar-refractivity contribution in [1.29, 1.82) is 0 Å². The van der Waals surface area contributed by atoms with E-state index in [1.54, 1.807) is 31.3 Å². The third kappa shape index (κ3) is 9.24. The standard InChI is InChI=1S/C30H34N2O6S2/c1-19(2)29(32-27(34)14-23-13-21(9-10-26(23)38-3)22-11-12-39-17-22)30(37)31-24(15-28(35)36)25(33)18-40-16-20-7-5-4-6-8-20/h4-13,17,19,24,29H,14-16,18H2,1-3H3,(H,31,37)(H,32,34)(H,35,36)/t24?,29-/m0/s1. The third-order valence-corrected chi connectivity index (χ3v) is 7.90. The first-order valence-corrected chi connectivity index (χ1v) is 14.9. The molecule has 0 radical (unpaired) electrons. The van der Waals surface area contributed by atoms with Crippen molar-refractivity contribution in [2.75, 3.05) is 12.9 Å². The van der Waals surface area contributed by atoms with Crippen molar-refractivity contribution in [3.63, 3.8) is 0 Å². The molecule has 0 saturated heterocycles. The van der Waals surface area contributed by atoms with Crippen LogP contribution in [-0.4, -0.2) is 53.6 Å². The highest BCUT2D eigenvalue weighted by molar-refractivity contribution is 7.99. The molecule has 40 heavy (non-hydrogen) atoms. The zero-order valence-electron chi connectivity index (χ0n) is 22.7. The van der Waals surface area contributed by atoms with E-state index in [0.717, 1.165) is 16.7 Å². The molecule has 2 amide bonds. The second kappa shape index (κ2) is 15.2. The quantitative estimate of drug-likeness (QED) is 0.240. The van der Waals surface area contributed by atoms with Crippen LogP contribution in [-0.2, 0) is 31.4 Å². The minimum Gasteiger partial charge on any atom is -0.496 e. The summed E-state index contributed by atoms with van der Waals surface area (Å²) >= 11 is 2.93. The van der Waals surface area contributed by atoms with Crippen molar-refractivity contribution in [1.82, 2.24) is 10.6 Å². The fourth-order valence-corrected chi connectivity index (χ4v) is 5.68. The first-order chi connectivity index (χ1) is 19.2. The number of ketones is 1. The Bertz CT molecular complexity index is 1290. The second-order valence-electron chi connectivity index (χ2n) is 9.61. The topological polar surface area (TPSA) is 122 Å². The summed E-state index contributed by atoms with van der Waals surface area (Å²) in [6, 6.07) is 15.0. The van der Waals surface area contributed by atoms with Gasteiger partial charge in [0, 0.05) is 11.3 Å². The number of Topliss-reactive ketones (excluding diaryl/α,β-unsaturated/α-hetero) is 1. The van der Waals surface area contributed by atoms with E-state index in [-0.39, 0.29) is 23.9 Å². The van der Waals surface area contributed by atoms with Gasteiger partial charge in [-0.15, -0.1) is 11.8 Å². The lowest BCUT2D eigenvalue weighted by Gasteiger charge is -2.25. The molecule has 0 spiro atoms. The fourth-order valence-electron chi connectivity index (χ4n) is 4.08. The molecule has 0 aliphatic carbocycles. The average molecular weight is 583 g/mol. The number of ether oxygens (including phenoxy) is 1. The number of hydrogen-bond donors (Lipinski definition) is 3. The molecule has 0 saturated carbocycles. The molecule has 3 aromatic rings. The van der Waals surface area contributed by atoms with Crippen molar-refractivity contribution < 1.29 is 29.0 Å². The molecular formula is C30H34N2O6S2. The van der Waals surface area contributed by atoms with Crippen molar-refractivity contribution in [3.8, 4) is 16.9 Å². The summed E-state index contributed by atoms with van der Waals surface area (Å²) < 4.78 is 5.44. The smallest absolute Gasteiger partial charge is 0.305 e. The monoisotopic (exact) mass is 582 g/mol. The van der Waals surface area contributed by atoms with Crippen LogP contribution in [0.5, 0.6) is 5.75 Å². The average Bonchev–Trinajstić information content (AvgIpc) is 3.46. The largest absolute Gasteiger partial charge is 0.496 e. The fraction of sp³-hybridized carbons (Fsp3) is 0.333. The minimum absolute atomic E-state index is 0.0226. The molecule has 0 fully saturated rings. The Kier molecular flexibility index (Phi) is 11.8. The van der Waals surface area contributed by atoms with Gasteiger partial charge in [-0.2, -0.15) is 11.3 Å². The van der Waals surface area contributed by atoms with E-state index in [1.807, 2.05) is 59.3 Å². The summed E-state index contributed by atoms with van der Waals surface area (Å²) in [5, 5.41) is 18.7. The molecule has 1 aromatic heterocycles. The summed E-state index contributed by atoms with van der Waals surface area (Å²) in [4.78, 5) is 50.6. The molecule has 2 atom stereocenters. The molecule has 8 nitrogen and oxygen atoms in total. The van der Waals surface area contributed by atoms with E-state index in [4.69, 9.17) is 4.74 Å². The number of hydrogen-bond acceptors (Lipinski definition) is 7. The van der Waals surface area contributed by atoms with Crippen LogP contribution in [0.4, 0.5) is 0 Å². The lowest BCUT2D eigenvalue weighted by atomic mass is 10.00. The van der Waals surface area contributed by atoms with Crippen molar-refractivity contribution in [3.05, 3.63) is 76.5 Å². The Hall–Kier alpha value is -3.63. The molecule has 2 aromatic carbocycles. The van der Waals surface area contributed by atoms with Crippen LogP contribution in [0.15, 0.2) is 65.4 Å². The van der Waals surface area contributed by atoms with Gasteiger partial charge in [0.25, 0.3) is 0 Å². The van der Waals surface area contributed by atoms with Crippen molar-refractivity contribution in [2.24, 2.45) is 5.92 Å². The first kappa shape index (κ1) is 30.9. The number of amides is 2. The number of carbonyl (C=O) groups is 4. The maximum atomic E-state index is 13.2. The third-order valence-electron chi connectivity index (χ3n) is 6.19. The van der Waals surface area contributed by atoms with Gasteiger partial charge in [-0.1, -0.05) is 50.2 Å². The number of methoxy groups -OCH3 is 1. The number of carboxylic acid groups (broad SMARTS) is 1. The van der Waals surface area contributed by atoms with Crippen LogP contribution in [0.3, 0.4) is 0 Å². The van der Waals surface area contributed by atoms with Crippen molar-refractivity contribution >= 4 is 46.7 Å². The van der Waals surface area contributed by atoms with Crippen LogP contribution in [0, 0.1) is 5.92 Å². The van der Waals surface area contributed by atoms with Crippen LogP contribution >= 0.6 is 23.1 Å². The highest BCUT2D eigenvalue weighted by Crippen LogP contribution is 2.28. The Morgan fingerprint density at radius 3 is 2.38 bits per heavy atom. The van der Waals surface area contributed by atoms with Gasteiger partial charge in [0.2, 0.25) is 11.8 Å². The predicted octanol–water partition coefficient (Wildman–Crippen LogP) is 4.57. The van der Waals surface area contributed by atoms with Crippen LogP contribution in [0.2, 0.25) is 0 Å². The van der Waals surface area contributed by atoms with E-state index in [9.17, 15) is 24.3 Å². The number of carboxylic acids is 1. The SMILES string of the molecule is COc1ccc(-c2ccsc2)cc1CC(=O)N[C@H](C(=O)NC(CC(=O)O)C(=O)CSCc1ccccc1)C(C)C. The van der Waals surface area contributed by atoms with Gasteiger partial charge in [-0.05, 0) is 51.6 Å². The Balaban J connectivity index is 1.65. The number of aliphatic carboxylic acids is 1. The van der Waals surface area contributed by atoms with Gasteiger partial charge in [0.1, 0.15) is 11.8 Å². The van der Waals surface area contributed by atoms with Gasteiger partial charge in [-0.3, -0.25) is 19.2 Å². The maximum absolute atomic E-state index is 13.2. The lowest BCUT2D eigenvalue weighted by Crippen LogP contribution is -2.54. The molecule has 1 heterocycles. The zero-order chi connectivity index (χ0) is 29.1. The van der Waals surface area contributed by atoms with Gasteiger partial charge in [-0.25, -0.2) is 0 Å². The molecule has 10 heteroatoms. The Labute approximate surface area is 242 Å². The number of nitrogens with one attached hydrogen (secondary N) is 2. The number of thioether (sulfide) groups is 1. The maximum Gasteiger partial charge on any atom is 0.305 e. The molecular weight excluding hydrogens is 548 g/mol. The van der Waals surface area contributed by atoms with Gasteiger partial charge >= 0.3 is 5.97 Å². The summed E-state index contributed by atoms with van der Waals surface area (Å²) in [6.07, 6.45) is -0.562. The molecule has 0 aliphatic heterocycles. The minimum atomic E-state index is -1.20. The number of benzene rings is 2. The normalized spacial score (nSPS) is 12.4. The molecule has 1 unspecified atom stereocenters. The van der Waals surface area contributed by atoms with E-state index in [1.165, 1.54) is 18.9 Å². The molecule has 3 rings (SSSR count). The Morgan fingerprint density at radius 1 is 1.00 bits per heavy atom. The van der Waals surface area contributed by atoms with Crippen LogP contribution in [0.1, 0.15) is 31.4 Å². The lowest BCUT2D eigenvalue weighted by molar-refractivity contribution is -0.140. The summed E-state index contributed by atoms with van der Waals surface area (Å²) in [5.41, 5.74) is 3.69. The molecule has 3 N–H and O–H groups in total.